The summed E-state index contributed by atoms with van der Waals surface area (Å²) in [7, 11) is 0. The van der Waals surface area contributed by atoms with E-state index in [4.69, 9.17) is 4.74 Å². The standard InChI is InChI=1S/C26H31N5O2S/c1-18-7-5-10-21(17-18)31-25(30-13-15-33-16-14-30)28-29-26(31)34-19(2)24(32)27-23-12-6-9-20-8-3-4-11-22(20)23/h3-5,7-8,10-11,17,19,23H,6,9,12-16H2,1-2H3,(H,27,32)/t19-,23+/m1/s1. The van der Waals surface area contributed by atoms with Crippen molar-refractivity contribution >= 4 is 23.6 Å². The molecule has 1 saturated heterocycles. The summed E-state index contributed by atoms with van der Waals surface area (Å²) in [5.41, 5.74) is 4.75. The number of benzene rings is 2. The Kier molecular flexibility index (Phi) is 6.87. The predicted molar refractivity (Wildman–Crippen MR) is 135 cm³/mol. The highest BCUT2D eigenvalue weighted by molar-refractivity contribution is 8.00. The van der Waals surface area contributed by atoms with E-state index in [2.05, 4.69) is 74.4 Å². The Morgan fingerprint density at radius 2 is 1.97 bits per heavy atom. The molecule has 2 atom stereocenters. The van der Waals surface area contributed by atoms with Gasteiger partial charge in [-0.1, -0.05) is 48.2 Å². The predicted octanol–water partition coefficient (Wildman–Crippen LogP) is 4.09. The number of anilines is 1. The fraction of sp³-hybridized carbons (Fsp3) is 0.423. The van der Waals surface area contributed by atoms with E-state index in [9.17, 15) is 4.79 Å². The number of aryl methyl sites for hydroxylation is 2. The summed E-state index contributed by atoms with van der Waals surface area (Å²) in [6.45, 7) is 6.90. The maximum atomic E-state index is 13.2. The third-order valence-corrected chi connectivity index (χ3v) is 7.55. The number of nitrogens with zero attached hydrogens (tertiary/aromatic N) is 4. The third kappa shape index (κ3) is 4.83. The van der Waals surface area contributed by atoms with Crippen molar-refractivity contribution in [1.82, 2.24) is 20.1 Å². The van der Waals surface area contributed by atoms with Crippen LogP contribution >= 0.6 is 11.8 Å². The van der Waals surface area contributed by atoms with E-state index in [0.29, 0.717) is 13.2 Å². The Morgan fingerprint density at radius 3 is 2.79 bits per heavy atom. The lowest BCUT2D eigenvalue weighted by Crippen LogP contribution is -2.38. The van der Waals surface area contributed by atoms with Gasteiger partial charge in [0.25, 0.3) is 0 Å². The van der Waals surface area contributed by atoms with E-state index in [1.54, 1.807) is 0 Å². The van der Waals surface area contributed by atoms with E-state index in [-0.39, 0.29) is 17.2 Å². The molecule has 3 aromatic rings. The fourth-order valence-corrected chi connectivity index (χ4v) is 5.58. The highest BCUT2D eigenvalue weighted by Crippen LogP contribution is 2.32. The summed E-state index contributed by atoms with van der Waals surface area (Å²) in [6, 6.07) is 16.8. The van der Waals surface area contributed by atoms with Gasteiger partial charge in [0.05, 0.1) is 30.2 Å². The molecule has 1 amide bonds. The highest BCUT2D eigenvalue weighted by atomic mass is 32.2. The molecule has 34 heavy (non-hydrogen) atoms. The summed E-state index contributed by atoms with van der Waals surface area (Å²) in [6.07, 6.45) is 3.14. The maximum absolute atomic E-state index is 13.2. The molecule has 0 unspecified atom stereocenters. The lowest BCUT2D eigenvalue weighted by Gasteiger charge is -2.28. The van der Waals surface area contributed by atoms with Gasteiger partial charge in [-0.25, -0.2) is 0 Å². The molecule has 2 heterocycles. The Bertz CT molecular complexity index is 1160. The van der Waals surface area contributed by atoms with Crippen molar-refractivity contribution in [2.24, 2.45) is 0 Å². The number of thioether (sulfide) groups is 1. The van der Waals surface area contributed by atoms with Crippen LogP contribution in [-0.4, -0.2) is 52.2 Å². The molecular formula is C26H31N5O2S. The number of hydrogen-bond donors (Lipinski definition) is 1. The van der Waals surface area contributed by atoms with Gasteiger partial charge in [-0.2, -0.15) is 0 Å². The molecule has 0 radical (unpaired) electrons. The van der Waals surface area contributed by atoms with Gasteiger partial charge in [-0.15, -0.1) is 10.2 Å². The van der Waals surface area contributed by atoms with E-state index in [0.717, 1.165) is 54.7 Å². The first kappa shape index (κ1) is 22.9. The number of ether oxygens (including phenoxy) is 1. The number of nitrogens with one attached hydrogen (secondary N) is 1. The van der Waals surface area contributed by atoms with Gasteiger partial charge in [-0.05, 0) is 61.9 Å². The van der Waals surface area contributed by atoms with Gasteiger partial charge in [0.15, 0.2) is 5.16 Å². The molecule has 2 aromatic carbocycles. The van der Waals surface area contributed by atoms with Crippen molar-refractivity contribution in [3.8, 4) is 5.69 Å². The molecule has 1 aromatic heterocycles. The molecule has 7 nitrogen and oxygen atoms in total. The second-order valence-corrected chi connectivity index (χ2v) is 10.3. The van der Waals surface area contributed by atoms with Crippen molar-refractivity contribution < 1.29 is 9.53 Å². The quantitative estimate of drug-likeness (QED) is 0.539. The number of rotatable bonds is 6. The van der Waals surface area contributed by atoms with Crippen molar-refractivity contribution in [1.29, 1.82) is 0 Å². The average Bonchev–Trinajstić information content (AvgIpc) is 3.28. The van der Waals surface area contributed by atoms with Gasteiger partial charge in [0, 0.05) is 13.1 Å². The smallest absolute Gasteiger partial charge is 0.233 e. The summed E-state index contributed by atoms with van der Waals surface area (Å²) in [5.74, 6) is 0.823. The highest BCUT2D eigenvalue weighted by Gasteiger charge is 2.27. The number of aromatic nitrogens is 3. The first-order valence-corrected chi connectivity index (χ1v) is 12.9. The summed E-state index contributed by atoms with van der Waals surface area (Å²) in [4.78, 5) is 15.4. The van der Waals surface area contributed by atoms with Crippen LogP contribution in [0.1, 0.15) is 42.5 Å². The van der Waals surface area contributed by atoms with Gasteiger partial charge in [0.1, 0.15) is 0 Å². The van der Waals surface area contributed by atoms with Crippen LogP contribution in [0.3, 0.4) is 0 Å². The van der Waals surface area contributed by atoms with Crippen LogP contribution in [0, 0.1) is 6.92 Å². The lowest BCUT2D eigenvalue weighted by atomic mass is 9.88. The number of hydrogen-bond acceptors (Lipinski definition) is 6. The first-order chi connectivity index (χ1) is 16.6. The van der Waals surface area contributed by atoms with Crippen LogP contribution in [0.25, 0.3) is 5.69 Å². The van der Waals surface area contributed by atoms with Crippen LogP contribution in [-0.2, 0) is 16.0 Å². The third-order valence-electron chi connectivity index (χ3n) is 6.51. The Labute approximate surface area is 204 Å². The minimum atomic E-state index is -0.306. The van der Waals surface area contributed by atoms with Crippen LogP contribution < -0.4 is 10.2 Å². The van der Waals surface area contributed by atoms with E-state index < -0.39 is 0 Å². The van der Waals surface area contributed by atoms with Gasteiger partial charge in [-0.3, -0.25) is 9.36 Å². The first-order valence-electron chi connectivity index (χ1n) is 12.0. The minimum Gasteiger partial charge on any atom is -0.378 e. The van der Waals surface area contributed by atoms with Crippen LogP contribution in [0.4, 0.5) is 5.95 Å². The molecule has 1 aliphatic carbocycles. The molecule has 1 N–H and O–H groups in total. The van der Waals surface area contributed by atoms with Crippen LogP contribution in [0.5, 0.6) is 0 Å². The molecule has 178 valence electrons. The van der Waals surface area contributed by atoms with E-state index in [1.807, 2.05) is 13.0 Å². The topological polar surface area (TPSA) is 72.3 Å². The summed E-state index contributed by atoms with van der Waals surface area (Å²) < 4.78 is 7.60. The molecular weight excluding hydrogens is 446 g/mol. The average molecular weight is 478 g/mol. The minimum absolute atomic E-state index is 0.0263. The number of morpholine rings is 1. The molecule has 1 fully saturated rings. The van der Waals surface area contributed by atoms with Gasteiger partial charge in [0.2, 0.25) is 11.9 Å². The van der Waals surface area contributed by atoms with Crippen LogP contribution in [0.2, 0.25) is 0 Å². The van der Waals surface area contributed by atoms with Crippen molar-refractivity contribution in [3.05, 3.63) is 65.2 Å². The number of amides is 1. The molecule has 0 saturated carbocycles. The SMILES string of the molecule is Cc1cccc(-n2c(S[C@H](C)C(=O)N[C@H]3CCCc4ccccc43)nnc2N2CCOCC2)c1. The largest absolute Gasteiger partial charge is 0.378 e. The second-order valence-electron chi connectivity index (χ2n) is 8.97. The second kappa shape index (κ2) is 10.2. The van der Waals surface area contributed by atoms with E-state index in [1.165, 1.54) is 22.9 Å². The number of fused-ring (bicyclic) bond motifs is 1. The van der Waals surface area contributed by atoms with E-state index >= 15 is 0 Å². The monoisotopic (exact) mass is 477 g/mol. The summed E-state index contributed by atoms with van der Waals surface area (Å²) in [5, 5.41) is 12.8. The fourth-order valence-electron chi connectivity index (χ4n) is 4.70. The van der Waals surface area contributed by atoms with Crippen molar-refractivity contribution in [3.63, 3.8) is 0 Å². The lowest BCUT2D eigenvalue weighted by molar-refractivity contribution is -0.121. The van der Waals surface area contributed by atoms with Gasteiger partial charge < -0.3 is 15.0 Å². The Hall–Kier alpha value is -2.84. The maximum Gasteiger partial charge on any atom is 0.233 e. The molecule has 2 aliphatic rings. The number of carbonyl (C=O) groups is 1. The Balaban J connectivity index is 1.37. The molecule has 0 spiro atoms. The molecule has 0 bridgehead atoms. The normalized spacial score (nSPS) is 18.9. The molecule has 8 heteroatoms. The van der Waals surface area contributed by atoms with Gasteiger partial charge >= 0.3 is 0 Å². The zero-order valence-electron chi connectivity index (χ0n) is 19.7. The number of carbonyl (C=O) groups excluding carboxylic acids is 1. The van der Waals surface area contributed by atoms with Crippen molar-refractivity contribution in [2.75, 3.05) is 31.2 Å². The molecule has 1 aliphatic heterocycles. The zero-order chi connectivity index (χ0) is 23.5. The van der Waals surface area contributed by atoms with Crippen LogP contribution in [0.15, 0.2) is 53.7 Å². The van der Waals surface area contributed by atoms with Crippen molar-refractivity contribution in [2.45, 2.75) is 49.6 Å². The summed E-state index contributed by atoms with van der Waals surface area (Å²) >= 11 is 1.45. The Morgan fingerprint density at radius 1 is 1.15 bits per heavy atom. The zero-order valence-corrected chi connectivity index (χ0v) is 20.6. The molecule has 5 rings (SSSR count).